The van der Waals surface area contributed by atoms with Gasteiger partial charge in [0.25, 0.3) is 0 Å². The molecular formula is C21H20FN3O3S. The molecular weight excluding hydrogens is 393 g/mol. The van der Waals surface area contributed by atoms with Crippen molar-refractivity contribution in [1.29, 1.82) is 0 Å². The number of methoxy groups -OCH3 is 2. The minimum Gasteiger partial charge on any atom is -0.497 e. The number of hydrogen-bond acceptors (Lipinski definition) is 5. The molecule has 0 saturated carbocycles. The van der Waals surface area contributed by atoms with Crippen molar-refractivity contribution in [3.63, 3.8) is 0 Å². The highest BCUT2D eigenvalue weighted by Gasteiger charge is 2.11. The summed E-state index contributed by atoms with van der Waals surface area (Å²) in [4.78, 5) is 17.4. The highest BCUT2D eigenvalue weighted by molar-refractivity contribution is 7.99. The SMILES string of the molecule is COc1ccc(/C=C/C(=O)Nc2cc(F)ccc2Sc2nccn2C)c(OC)c1. The molecule has 150 valence electrons. The normalized spacial score (nSPS) is 10.9. The van der Waals surface area contributed by atoms with E-state index in [1.165, 1.54) is 30.0 Å². The minimum absolute atomic E-state index is 0.370. The summed E-state index contributed by atoms with van der Waals surface area (Å²) in [5, 5.41) is 3.45. The van der Waals surface area contributed by atoms with Gasteiger partial charge in [0, 0.05) is 42.0 Å². The Morgan fingerprint density at radius 2 is 2.03 bits per heavy atom. The Labute approximate surface area is 172 Å². The number of amides is 1. The van der Waals surface area contributed by atoms with Crippen LogP contribution < -0.4 is 14.8 Å². The van der Waals surface area contributed by atoms with Crippen molar-refractivity contribution in [2.75, 3.05) is 19.5 Å². The van der Waals surface area contributed by atoms with Crippen LogP contribution in [0.5, 0.6) is 11.5 Å². The van der Waals surface area contributed by atoms with Crippen LogP contribution in [0.4, 0.5) is 10.1 Å². The van der Waals surface area contributed by atoms with Gasteiger partial charge in [0.05, 0.1) is 19.9 Å². The molecule has 0 spiro atoms. The average molecular weight is 413 g/mol. The third-order valence-corrected chi connectivity index (χ3v) is 5.18. The Bertz CT molecular complexity index is 1050. The zero-order valence-electron chi connectivity index (χ0n) is 16.2. The number of carbonyl (C=O) groups excluding carboxylic acids is 1. The highest BCUT2D eigenvalue weighted by atomic mass is 32.2. The molecule has 8 heteroatoms. The van der Waals surface area contributed by atoms with Gasteiger partial charge in [0.2, 0.25) is 5.91 Å². The molecule has 3 rings (SSSR count). The van der Waals surface area contributed by atoms with E-state index in [-0.39, 0.29) is 0 Å². The van der Waals surface area contributed by atoms with Crippen molar-refractivity contribution in [1.82, 2.24) is 9.55 Å². The van der Waals surface area contributed by atoms with Crippen LogP contribution in [0.25, 0.3) is 6.08 Å². The molecule has 6 nitrogen and oxygen atoms in total. The molecule has 29 heavy (non-hydrogen) atoms. The van der Waals surface area contributed by atoms with Crippen molar-refractivity contribution < 1.29 is 18.7 Å². The summed E-state index contributed by atoms with van der Waals surface area (Å²) in [6.45, 7) is 0. The molecule has 3 aromatic rings. The quantitative estimate of drug-likeness (QED) is 0.583. The number of carbonyl (C=O) groups is 1. The van der Waals surface area contributed by atoms with Gasteiger partial charge in [-0.3, -0.25) is 4.79 Å². The summed E-state index contributed by atoms with van der Waals surface area (Å²) >= 11 is 1.34. The van der Waals surface area contributed by atoms with E-state index in [9.17, 15) is 9.18 Å². The predicted molar refractivity (Wildman–Crippen MR) is 111 cm³/mol. The Morgan fingerprint density at radius 1 is 1.21 bits per heavy atom. The van der Waals surface area contributed by atoms with E-state index in [4.69, 9.17) is 9.47 Å². The topological polar surface area (TPSA) is 65.4 Å². The maximum atomic E-state index is 13.7. The first-order valence-electron chi connectivity index (χ1n) is 8.66. The molecule has 0 bridgehead atoms. The van der Waals surface area contributed by atoms with E-state index < -0.39 is 11.7 Å². The first kappa shape index (κ1) is 20.5. The lowest BCUT2D eigenvalue weighted by molar-refractivity contribution is -0.111. The second kappa shape index (κ2) is 9.29. The van der Waals surface area contributed by atoms with Crippen LogP contribution in [0.2, 0.25) is 0 Å². The van der Waals surface area contributed by atoms with Crippen LogP contribution in [-0.2, 0) is 11.8 Å². The summed E-state index contributed by atoms with van der Waals surface area (Å²) in [6, 6.07) is 9.52. The number of halogens is 1. The van der Waals surface area contributed by atoms with Crippen molar-refractivity contribution in [2.24, 2.45) is 7.05 Å². The monoisotopic (exact) mass is 413 g/mol. The standard InChI is InChI=1S/C21H20FN3O3S/c1-25-11-10-23-21(25)29-19-8-6-15(22)12-17(19)24-20(26)9-5-14-4-7-16(27-2)13-18(14)28-3/h4-13H,1-3H3,(H,24,26)/b9-5+. The number of aromatic nitrogens is 2. The summed E-state index contributed by atoms with van der Waals surface area (Å²) in [6.07, 6.45) is 6.48. The molecule has 1 amide bonds. The number of benzene rings is 2. The molecule has 1 aromatic heterocycles. The molecule has 0 fully saturated rings. The summed E-state index contributed by atoms with van der Waals surface area (Å²) in [5.41, 5.74) is 1.08. The lowest BCUT2D eigenvalue weighted by atomic mass is 10.1. The van der Waals surface area contributed by atoms with Crippen LogP contribution in [0.15, 0.2) is 64.9 Å². The Balaban J connectivity index is 1.78. The van der Waals surface area contributed by atoms with E-state index in [0.29, 0.717) is 27.6 Å². The Morgan fingerprint density at radius 3 is 2.72 bits per heavy atom. The Kier molecular flexibility index (Phi) is 6.56. The zero-order valence-corrected chi connectivity index (χ0v) is 17.0. The fourth-order valence-corrected chi connectivity index (χ4v) is 3.40. The average Bonchev–Trinajstić information content (AvgIpc) is 3.12. The highest BCUT2D eigenvalue weighted by Crippen LogP contribution is 2.33. The summed E-state index contributed by atoms with van der Waals surface area (Å²) in [7, 11) is 4.97. The molecule has 1 heterocycles. The van der Waals surface area contributed by atoms with Crippen molar-refractivity contribution >= 4 is 29.4 Å². The third-order valence-electron chi connectivity index (χ3n) is 4.03. The molecule has 0 aliphatic heterocycles. The molecule has 0 saturated heterocycles. The number of rotatable bonds is 7. The molecule has 0 atom stereocenters. The van der Waals surface area contributed by atoms with Crippen LogP contribution in [0.3, 0.4) is 0 Å². The van der Waals surface area contributed by atoms with E-state index in [2.05, 4.69) is 10.3 Å². The number of ether oxygens (including phenoxy) is 2. The van der Waals surface area contributed by atoms with E-state index in [1.807, 2.05) is 17.8 Å². The van der Waals surface area contributed by atoms with Gasteiger partial charge < -0.3 is 19.4 Å². The van der Waals surface area contributed by atoms with E-state index in [1.54, 1.807) is 50.8 Å². The van der Waals surface area contributed by atoms with Crippen LogP contribution in [0, 0.1) is 5.82 Å². The largest absolute Gasteiger partial charge is 0.497 e. The van der Waals surface area contributed by atoms with Crippen molar-refractivity contribution in [2.45, 2.75) is 10.1 Å². The summed E-state index contributed by atoms with van der Waals surface area (Å²) < 4.78 is 26.1. The van der Waals surface area contributed by atoms with Gasteiger partial charge in [-0.25, -0.2) is 9.37 Å². The van der Waals surface area contributed by atoms with Crippen molar-refractivity contribution in [3.8, 4) is 11.5 Å². The molecule has 0 aliphatic carbocycles. The van der Waals surface area contributed by atoms with Crippen LogP contribution >= 0.6 is 11.8 Å². The van der Waals surface area contributed by atoms with Gasteiger partial charge >= 0.3 is 0 Å². The predicted octanol–water partition coefficient (Wildman–Crippen LogP) is 4.38. The number of anilines is 1. The summed E-state index contributed by atoms with van der Waals surface area (Å²) in [5.74, 6) is 0.393. The number of nitrogens with zero attached hydrogens (tertiary/aromatic N) is 2. The zero-order chi connectivity index (χ0) is 20.8. The number of aryl methyl sites for hydroxylation is 1. The third kappa shape index (κ3) is 5.17. The molecule has 0 radical (unpaired) electrons. The van der Waals surface area contributed by atoms with E-state index in [0.717, 1.165) is 5.16 Å². The van der Waals surface area contributed by atoms with Gasteiger partial charge in [-0.2, -0.15) is 0 Å². The van der Waals surface area contributed by atoms with Gasteiger partial charge in [-0.15, -0.1) is 0 Å². The maximum absolute atomic E-state index is 13.7. The van der Waals surface area contributed by atoms with Gasteiger partial charge in [-0.05, 0) is 48.2 Å². The van der Waals surface area contributed by atoms with Gasteiger partial charge in [0.1, 0.15) is 17.3 Å². The molecule has 2 aromatic carbocycles. The van der Waals surface area contributed by atoms with E-state index >= 15 is 0 Å². The Hall–Kier alpha value is -3.26. The van der Waals surface area contributed by atoms with Crippen LogP contribution in [0.1, 0.15) is 5.56 Å². The fourth-order valence-electron chi connectivity index (χ4n) is 2.53. The smallest absolute Gasteiger partial charge is 0.248 e. The molecule has 0 aliphatic rings. The lowest BCUT2D eigenvalue weighted by Crippen LogP contribution is -2.09. The van der Waals surface area contributed by atoms with Gasteiger partial charge in [-0.1, -0.05) is 0 Å². The maximum Gasteiger partial charge on any atom is 0.248 e. The first-order chi connectivity index (χ1) is 14.0. The van der Waals surface area contributed by atoms with Gasteiger partial charge in [0.15, 0.2) is 5.16 Å². The number of nitrogens with one attached hydrogen (secondary N) is 1. The second-order valence-electron chi connectivity index (χ2n) is 5.99. The first-order valence-corrected chi connectivity index (χ1v) is 9.47. The van der Waals surface area contributed by atoms with Crippen molar-refractivity contribution in [3.05, 3.63) is 66.2 Å². The number of hydrogen-bond donors (Lipinski definition) is 1. The minimum atomic E-state index is -0.440. The molecule has 0 unspecified atom stereocenters. The van der Waals surface area contributed by atoms with Crippen LogP contribution in [-0.4, -0.2) is 29.7 Å². The number of imidazole rings is 1. The lowest BCUT2D eigenvalue weighted by Gasteiger charge is -2.10. The molecule has 1 N–H and O–H groups in total. The fraction of sp³-hybridized carbons (Fsp3) is 0.143. The second-order valence-corrected chi connectivity index (χ2v) is 7.00.